The van der Waals surface area contributed by atoms with Crippen LogP contribution in [0, 0.1) is 5.41 Å². The average molecular weight is 164 g/mol. The van der Waals surface area contributed by atoms with Crippen LogP contribution >= 0.6 is 0 Å². The molecule has 1 heterocycles. The quantitative estimate of drug-likeness (QED) is 0.538. The van der Waals surface area contributed by atoms with Crippen molar-refractivity contribution >= 4 is 29.6 Å². The molecule has 0 aromatic heterocycles. The van der Waals surface area contributed by atoms with Crippen LogP contribution in [-0.4, -0.2) is 41.6 Å². The van der Waals surface area contributed by atoms with E-state index < -0.39 is 0 Å². The summed E-state index contributed by atoms with van der Waals surface area (Å²) in [6.45, 7) is 10.4. The Labute approximate surface area is 92.6 Å². The normalized spacial score (nSPS) is 27.3. The Morgan fingerprint density at radius 2 is 1.55 bits per heavy atom. The second-order valence-corrected chi connectivity index (χ2v) is 4.90. The molecule has 0 amide bonds. The third-order valence-electron chi connectivity index (χ3n) is 2.47. The molecule has 0 aliphatic carbocycles. The van der Waals surface area contributed by atoms with E-state index in [0.29, 0.717) is 11.0 Å². The summed E-state index contributed by atoms with van der Waals surface area (Å²) in [7, 11) is 0. The maximum absolute atomic E-state index is 3.55. The molecule has 1 rings (SSSR count). The van der Waals surface area contributed by atoms with Gasteiger partial charge in [0.1, 0.15) is 0 Å². The summed E-state index contributed by atoms with van der Waals surface area (Å²) >= 11 is 0. The van der Waals surface area contributed by atoms with Crippen molar-refractivity contribution in [3.8, 4) is 0 Å². The van der Waals surface area contributed by atoms with Crippen LogP contribution < -0.4 is 5.32 Å². The molecular formula is C9H19NNa. The summed E-state index contributed by atoms with van der Waals surface area (Å²) in [4.78, 5) is 0. The monoisotopic (exact) mass is 164 g/mol. The van der Waals surface area contributed by atoms with Gasteiger partial charge in [-0.2, -0.15) is 0 Å². The smallest absolute Gasteiger partial charge is 0.0125 e. The third-order valence-corrected chi connectivity index (χ3v) is 2.47. The molecule has 1 fully saturated rings. The Bertz CT molecular complexity index is 102. The van der Waals surface area contributed by atoms with Gasteiger partial charge in [0.05, 0.1) is 0 Å². The number of hydrogen-bond acceptors (Lipinski definition) is 1. The molecule has 1 radical (unpaired) electrons. The van der Waals surface area contributed by atoms with Gasteiger partial charge in [0.25, 0.3) is 0 Å². The van der Waals surface area contributed by atoms with Crippen LogP contribution in [0.25, 0.3) is 0 Å². The Morgan fingerprint density at radius 1 is 1.00 bits per heavy atom. The SMILES string of the molecule is CC1(C)CCC(C)(C)NC1.[Na]. The van der Waals surface area contributed by atoms with Gasteiger partial charge in [-0.25, -0.2) is 0 Å². The van der Waals surface area contributed by atoms with Gasteiger partial charge in [-0.05, 0) is 32.1 Å². The molecule has 11 heavy (non-hydrogen) atoms. The standard InChI is InChI=1S/C9H19N.Na/c1-8(2)5-6-9(3,4)10-7-8;/h10H,5-7H2,1-4H3;. The second-order valence-electron chi connectivity index (χ2n) is 4.90. The first-order valence-electron chi connectivity index (χ1n) is 4.16. The van der Waals surface area contributed by atoms with Crippen molar-refractivity contribution in [3.63, 3.8) is 0 Å². The van der Waals surface area contributed by atoms with E-state index >= 15 is 0 Å². The van der Waals surface area contributed by atoms with Crippen molar-refractivity contribution in [2.24, 2.45) is 5.41 Å². The van der Waals surface area contributed by atoms with Gasteiger partial charge in [0, 0.05) is 41.6 Å². The molecular weight excluding hydrogens is 145 g/mol. The van der Waals surface area contributed by atoms with Crippen molar-refractivity contribution in [3.05, 3.63) is 0 Å². The number of rotatable bonds is 0. The van der Waals surface area contributed by atoms with Crippen LogP contribution in [0.2, 0.25) is 0 Å². The molecule has 0 spiro atoms. The predicted octanol–water partition coefficient (Wildman–Crippen LogP) is 1.79. The van der Waals surface area contributed by atoms with Crippen LogP contribution in [0.5, 0.6) is 0 Å². The Morgan fingerprint density at radius 3 is 1.82 bits per heavy atom. The number of hydrogen-bond donors (Lipinski definition) is 1. The first-order valence-corrected chi connectivity index (χ1v) is 4.16. The summed E-state index contributed by atoms with van der Waals surface area (Å²) in [6.07, 6.45) is 2.66. The van der Waals surface area contributed by atoms with Gasteiger partial charge in [-0.1, -0.05) is 13.8 Å². The first-order chi connectivity index (χ1) is 4.41. The summed E-state index contributed by atoms with van der Waals surface area (Å²) < 4.78 is 0. The molecule has 0 aromatic rings. The molecule has 0 unspecified atom stereocenters. The van der Waals surface area contributed by atoms with Crippen molar-refractivity contribution in [1.29, 1.82) is 0 Å². The summed E-state index contributed by atoms with van der Waals surface area (Å²) in [5, 5.41) is 3.55. The van der Waals surface area contributed by atoms with Gasteiger partial charge < -0.3 is 5.32 Å². The van der Waals surface area contributed by atoms with Gasteiger partial charge in [0.2, 0.25) is 0 Å². The van der Waals surface area contributed by atoms with Crippen LogP contribution in [0.1, 0.15) is 40.5 Å². The molecule has 0 atom stereocenters. The van der Waals surface area contributed by atoms with Crippen LogP contribution in [-0.2, 0) is 0 Å². The fourth-order valence-corrected chi connectivity index (χ4v) is 1.31. The average Bonchev–Trinajstić information content (AvgIpc) is 1.79. The Kier molecular flexibility index (Phi) is 4.11. The van der Waals surface area contributed by atoms with Gasteiger partial charge in [-0.3, -0.25) is 0 Å². The van der Waals surface area contributed by atoms with Crippen LogP contribution in [0.15, 0.2) is 0 Å². The zero-order valence-corrected chi connectivity index (χ0v) is 10.6. The van der Waals surface area contributed by atoms with Crippen molar-refractivity contribution in [1.82, 2.24) is 5.32 Å². The van der Waals surface area contributed by atoms with Crippen molar-refractivity contribution < 1.29 is 0 Å². The molecule has 1 N–H and O–H groups in total. The molecule has 61 valence electrons. The number of piperidine rings is 1. The zero-order chi connectivity index (χ0) is 7.83. The van der Waals surface area contributed by atoms with Gasteiger partial charge in [-0.15, -0.1) is 0 Å². The summed E-state index contributed by atoms with van der Waals surface area (Å²) in [5.41, 5.74) is 0.908. The van der Waals surface area contributed by atoms with Crippen molar-refractivity contribution in [2.75, 3.05) is 6.54 Å². The van der Waals surface area contributed by atoms with Gasteiger partial charge >= 0.3 is 0 Å². The van der Waals surface area contributed by atoms with Gasteiger partial charge in [0.15, 0.2) is 0 Å². The summed E-state index contributed by atoms with van der Waals surface area (Å²) in [5.74, 6) is 0. The topological polar surface area (TPSA) is 12.0 Å². The predicted molar refractivity (Wildman–Crippen MR) is 50.9 cm³/mol. The maximum atomic E-state index is 3.55. The van der Waals surface area contributed by atoms with E-state index in [4.69, 9.17) is 0 Å². The molecule has 1 aliphatic rings. The maximum Gasteiger partial charge on any atom is 0.0125 e. The fourth-order valence-electron chi connectivity index (χ4n) is 1.31. The van der Waals surface area contributed by atoms with Crippen LogP contribution in [0.4, 0.5) is 0 Å². The Balaban J connectivity index is 0.000001000. The first kappa shape index (κ1) is 12.0. The van der Waals surface area contributed by atoms with E-state index in [1.54, 1.807) is 0 Å². The van der Waals surface area contributed by atoms with E-state index in [0.717, 1.165) is 0 Å². The third kappa shape index (κ3) is 3.93. The van der Waals surface area contributed by atoms with E-state index in [1.807, 2.05) is 0 Å². The minimum atomic E-state index is 0. The number of nitrogens with one attached hydrogen (secondary N) is 1. The van der Waals surface area contributed by atoms with E-state index in [2.05, 4.69) is 33.0 Å². The molecule has 1 saturated heterocycles. The minimum absolute atomic E-state index is 0. The second kappa shape index (κ2) is 3.78. The van der Waals surface area contributed by atoms with Crippen LogP contribution in [0.3, 0.4) is 0 Å². The molecule has 1 aliphatic heterocycles. The van der Waals surface area contributed by atoms with E-state index in [9.17, 15) is 0 Å². The molecule has 0 bridgehead atoms. The fraction of sp³-hybridized carbons (Fsp3) is 1.00. The molecule has 1 nitrogen and oxygen atoms in total. The van der Waals surface area contributed by atoms with Crippen molar-refractivity contribution in [2.45, 2.75) is 46.1 Å². The molecule has 0 saturated carbocycles. The molecule has 0 aromatic carbocycles. The largest absolute Gasteiger partial charge is 0.311 e. The van der Waals surface area contributed by atoms with E-state index in [-0.39, 0.29) is 29.6 Å². The summed E-state index contributed by atoms with van der Waals surface area (Å²) in [6, 6.07) is 0. The molecule has 2 heteroatoms. The Hall–Kier alpha value is 0.960. The zero-order valence-electron chi connectivity index (χ0n) is 8.62. The minimum Gasteiger partial charge on any atom is -0.311 e. The van der Waals surface area contributed by atoms with E-state index in [1.165, 1.54) is 19.4 Å².